The topological polar surface area (TPSA) is 84.2 Å². The van der Waals surface area contributed by atoms with Gasteiger partial charge in [0.05, 0.1) is 12.5 Å². The third-order valence-electron chi connectivity index (χ3n) is 14.3. The lowest BCUT2D eigenvalue weighted by atomic mass is 9.44. The predicted molar refractivity (Wildman–Crippen MR) is 213 cm³/mol. The van der Waals surface area contributed by atoms with E-state index in [4.69, 9.17) is 23.4 Å². The number of methoxy groups -OCH3 is 1. The smallest absolute Gasteiger partial charge is 0.344 e. The molecule has 4 aliphatic carbocycles. The van der Waals surface area contributed by atoms with Crippen LogP contribution in [-0.4, -0.2) is 25.8 Å². The number of allylic oxidation sites excluding steroid dienone is 1. The highest BCUT2D eigenvalue weighted by Crippen LogP contribution is 2.65. The second-order valence-corrected chi connectivity index (χ2v) is 18.2. The Kier molecular flexibility index (Phi) is 11.3. The van der Waals surface area contributed by atoms with Crippen LogP contribution in [0.5, 0.6) is 23.0 Å². The van der Waals surface area contributed by atoms with Crippen molar-refractivity contribution >= 4 is 16.9 Å². The molecule has 7 nitrogen and oxygen atoms in total. The Morgan fingerprint density at radius 3 is 2.56 bits per heavy atom. The SMILES string of the molecule is COc1cccc(Oc2c(C)oc3cc(OCC(=O)O[C@@H]4CC[C@@]5(C)C(=CC[C@H]6[C@H]5CC[C@]5(C)C[C@@H]([C@H](C)CCCC(C)C)CC[C@@H]65)C4)ccc3c2=O)c1. The summed E-state index contributed by atoms with van der Waals surface area (Å²) in [5.74, 6) is 6.50. The first kappa shape index (κ1) is 38.5. The zero-order chi connectivity index (χ0) is 38.2. The molecule has 0 radical (unpaired) electrons. The fourth-order valence-electron chi connectivity index (χ4n) is 11.2. The van der Waals surface area contributed by atoms with Crippen LogP contribution < -0.4 is 19.6 Å². The molecule has 3 saturated carbocycles. The first-order valence-electron chi connectivity index (χ1n) is 20.8. The fraction of sp³-hybridized carbons (Fsp3) is 0.617. The zero-order valence-corrected chi connectivity index (χ0v) is 33.7. The van der Waals surface area contributed by atoms with Crippen LogP contribution >= 0.6 is 0 Å². The average Bonchev–Trinajstić information content (AvgIpc) is 3.15. The number of hydrogen-bond acceptors (Lipinski definition) is 7. The molecular formula is C47H62O7. The van der Waals surface area contributed by atoms with Gasteiger partial charge in [-0.2, -0.15) is 0 Å². The van der Waals surface area contributed by atoms with E-state index in [1.165, 1.54) is 63.4 Å². The summed E-state index contributed by atoms with van der Waals surface area (Å²) < 4.78 is 29.0. The van der Waals surface area contributed by atoms with Gasteiger partial charge < -0.3 is 23.4 Å². The van der Waals surface area contributed by atoms with E-state index in [0.29, 0.717) is 39.4 Å². The predicted octanol–water partition coefficient (Wildman–Crippen LogP) is 11.6. The molecule has 0 saturated heterocycles. The number of ether oxygens (including phenoxy) is 4. The molecule has 0 spiro atoms. The minimum atomic E-state index is -0.374. The second-order valence-electron chi connectivity index (χ2n) is 18.2. The molecule has 0 aliphatic heterocycles. The Morgan fingerprint density at radius 2 is 1.76 bits per heavy atom. The second kappa shape index (κ2) is 15.8. The molecule has 3 aromatic rings. The number of fused-ring (bicyclic) bond motifs is 6. The Bertz CT molecular complexity index is 1910. The molecule has 292 valence electrons. The van der Waals surface area contributed by atoms with Gasteiger partial charge in [0.2, 0.25) is 11.2 Å². The molecule has 7 rings (SSSR count). The monoisotopic (exact) mass is 738 g/mol. The number of rotatable bonds is 12. The van der Waals surface area contributed by atoms with Crippen LogP contribution in [0.2, 0.25) is 0 Å². The van der Waals surface area contributed by atoms with Crippen molar-refractivity contribution in [3.63, 3.8) is 0 Å². The third kappa shape index (κ3) is 7.84. The average molecular weight is 739 g/mol. The normalized spacial score (nSPS) is 29.7. The van der Waals surface area contributed by atoms with Crippen molar-refractivity contribution < 1.29 is 28.2 Å². The molecule has 3 fully saturated rings. The van der Waals surface area contributed by atoms with Gasteiger partial charge in [0.15, 0.2) is 6.61 Å². The van der Waals surface area contributed by atoms with Crippen molar-refractivity contribution in [1.82, 2.24) is 0 Å². The van der Waals surface area contributed by atoms with Crippen LogP contribution in [0.3, 0.4) is 0 Å². The van der Waals surface area contributed by atoms with Gasteiger partial charge in [-0.15, -0.1) is 0 Å². The molecular weight excluding hydrogens is 677 g/mol. The molecule has 54 heavy (non-hydrogen) atoms. The first-order chi connectivity index (χ1) is 25.9. The number of esters is 1. The molecule has 4 aliphatic rings. The highest BCUT2D eigenvalue weighted by molar-refractivity contribution is 5.80. The summed E-state index contributed by atoms with van der Waals surface area (Å²) in [7, 11) is 1.58. The van der Waals surface area contributed by atoms with Crippen molar-refractivity contribution in [3.8, 4) is 23.0 Å². The third-order valence-corrected chi connectivity index (χ3v) is 14.3. The Balaban J connectivity index is 0.933. The minimum absolute atomic E-state index is 0.113. The van der Waals surface area contributed by atoms with Gasteiger partial charge in [-0.1, -0.05) is 71.6 Å². The van der Waals surface area contributed by atoms with E-state index in [1.807, 2.05) is 0 Å². The van der Waals surface area contributed by atoms with Gasteiger partial charge in [0, 0.05) is 18.6 Å². The first-order valence-corrected chi connectivity index (χ1v) is 20.8. The number of benzene rings is 2. The van der Waals surface area contributed by atoms with Crippen LogP contribution in [0.4, 0.5) is 0 Å². The lowest BCUT2D eigenvalue weighted by Gasteiger charge is -2.61. The fourth-order valence-corrected chi connectivity index (χ4v) is 11.2. The van der Waals surface area contributed by atoms with Gasteiger partial charge in [-0.25, -0.2) is 4.79 Å². The van der Waals surface area contributed by atoms with E-state index in [-0.39, 0.29) is 35.3 Å². The maximum absolute atomic E-state index is 13.3. The largest absolute Gasteiger partial charge is 0.497 e. The van der Waals surface area contributed by atoms with E-state index in [1.54, 1.807) is 56.5 Å². The van der Waals surface area contributed by atoms with E-state index in [9.17, 15) is 9.59 Å². The molecule has 0 amide bonds. The zero-order valence-electron chi connectivity index (χ0n) is 33.7. The van der Waals surface area contributed by atoms with Crippen molar-refractivity contribution in [2.75, 3.05) is 13.7 Å². The summed E-state index contributed by atoms with van der Waals surface area (Å²) in [4.78, 5) is 26.4. The highest BCUT2D eigenvalue weighted by atomic mass is 16.6. The van der Waals surface area contributed by atoms with Crippen molar-refractivity contribution in [1.29, 1.82) is 0 Å². The van der Waals surface area contributed by atoms with Crippen LogP contribution in [0.1, 0.15) is 117 Å². The quantitative estimate of drug-likeness (QED) is 0.135. The lowest BCUT2D eigenvalue weighted by Crippen LogP contribution is -2.52. The molecule has 8 atom stereocenters. The summed E-state index contributed by atoms with van der Waals surface area (Å²) in [5.41, 5.74) is 2.27. The van der Waals surface area contributed by atoms with E-state index < -0.39 is 0 Å². The molecule has 2 aromatic carbocycles. The standard InChI is InChI=1S/C47H62O7/c1-29(2)10-8-11-30(3)32-14-19-40-38-17-15-33-24-37(20-23-47(33,6)41(38)21-22-46(40,5)27-32)53-43(48)28-51-35-16-18-39-42(26-35)52-31(4)45(44(39)49)54-36-13-9-12-34(25-36)50-7/h9,12-13,15-16,18,25-26,29-30,32,37-38,40-41H,8,10-11,14,17,19-24,27-28H2,1-7H3/t30-,32+,37-,38-,40+,41-,46-,47+/m1/s1. The van der Waals surface area contributed by atoms with Crippen LogP contribution in [0.25, 0.3) is 11.0 Å². The van der Waals surface area contributed by atoms with Gasteiger partial charge in [-0.05, 0) is 129 Å². The lowest BCUT2D eigenvalue weighted by molar-refractivity contribution is -0.154. The number of carbonyl (C=O) groups excluding carboxylic acids is 1. The van der Waals surface area contributed by atoms with Crippen molar-refractivity contribution in [3.05, 3.63) is 70.1 Å². The van der Waals surface area contributed by atoms with Gasteiger partial charge in [0.1, 0.15) is 34.7 Å². The molecule has 1 aromatic heterocycles. The molecule has 0 bridgehead atoms. The molecule has 0 unspecified atom stereocenters. The van der Waals surface area contributed by atoms with Crippen LogP contribution in [0.15, 0.2) is 63.3 Å². The molecule has 7 heteroatoms. The summed E-state index contributed by atoms with van der Waals surface area (Å²) in [6.45, 7) is 13.9. The molecule has 1 heterocycles. The summed E-state index contributed by atoms with van der Waals surface area (Å²) in [6, 6.07) is 12.0. The molecule has 0 N–H and O–H groups in total. The van der Waals surface area contributed by atoms with Gasteiger partial charge in [-0.3, -0.25) is 4.79 Å². The number of carbonyl (C=O) groups is 1. The van der Waals surface area contributed by atoms with Crippen molar-refractivity contribution in [2.24, 2.45) is 46.3 Å². The number of hydrogen-bond donors (Lipinski definition) is 0. The van der Waals surface area contributed by atoms with Crippen LogP contribution in [0, 0.1) is 53.3 Å². The Morgan fingerprint density at radius 1 is 0.944 bits per heavy atom. The summed E-state index contributed by atoms with van der Waals surface area (Å²) in [5, 5.41) is 0.360. The Labute approximate surface area is 322 Å². The minimum Gasteiger partial charge on any atom is -0.497 e. The van der Waals surface area contributed by atoms with E-state index >= 15 is 0 Å². The maximum atomic E-state index is 13.3. The summed E-state index contributed by atoms with van der Waals surface area (Å²) in [6.07, 6.45) is 17.5. The summed E-state index contributed by atoms with van der Waals surface area (Å²) >= 11 is 0. The number of aryl methyl sites for hydroxylation is 1. The van der Waals surface area contributed by atoms with Crippen LogP contribution in [-0.2, 0) is 9.53 Å². The maximum Gasteiger partial charge on any atom is 0.344 e. The highest BCUT2D eigenvalue weighted by Gasteiger charge is 2.56. The Hall–Kier alpha value is -3.74. The van der Waals surface area contributed by atoms with Crippen molar-refractivity contribution in [2.45, 2.75) is 125 Å². The van der Waals surface area contributed by atoms with E-state index in [2.05, 4.69) is 40.7 Å². The van der Waals surface area contributed by atoms with Gasteiger partial charge in [0.25, 0.3) is 0 Å². The van der Waals surface area contributed by atoms with E-state index in [0.717, 1.165) is 54.8 Å². The van der Waals surface area contributed by atoms with Gasteiger partial charge >= 0.3 is 5.97 Å².